The first-order valence-corrected chi connectivity index (χ1v) is 9.07. The lowest BCUT2D eigenvalue weighted by atomic mass is 10.1. The van der Waals surface area contributed by atoms with E-state index in [1.54, 1.807) is 11.3 Å². The average Bonchev–Trinajstić information content (AvgIpc) is 3.12. The molecule has 0 radical (unpaired) electrons. The quantitative estimate of drug-likeness (QED) is 0.708. The van der Waals surface area contributed by atoms with Crippen molar-refractivity contribution in [2.24, 2.45) is 0 Å². The van der Waals surface area contributed by atoms with Gasteiger partial charge >= 0.3 is 6.03 Å². The minimum atomic E-state index is -0.511. The lowest BCUT2D eigenvalue weighted by molar-refractivity contribution is -0.117. The van der Waals surface area contributed by atoms with Crippen LogP contribution in [0.15, 0.2) is 22.7 Å². The van der Waals surface area contributed by atoms with Crippen LogP contribution in [0, 0.1) is 0 Å². The molecule has 2 aromatic rings. The van der Waals surface area contributed by atoms with Crippen LogP contribution in [-0.2, 0) is 4.79 Å². The molecule has 0 aliphatic heterocycles. The van der Waals surface area contributed by atoms with E-state index in [0.717, 1.165) is 16.6 Å². The van der Waals surface area contributed by atoms with E-state index in [1.807, 2.05) is 50.4 Å². The van der Waals surface area contributed by atoms with Gasteiger partial charge in [-0.1, -0.05) is 17.8 Å². The maximum atomic E-state index is 11.7. The fourth-order valence-electron chi connectivity index (χ4n) is 1.61. The summed E-state index contributed by atoms with van der Waals surface area (Å²) in [5.41, 5.74) is -0.398. The van der Waals surface area contributed by atoms with Crippen LogP contribution >= 0.6 is 23.1 Å². The van der Waals surface area contributed by atoms with Crippen molar-refractivity contribution in [1.82, 2.24) is 25.8 Å². The standard InChI is InChI=1S/C15H19N5O2S2/c1-15(2,3)18-13(22)17-12(21)9-24-14-16-11(19-20-14)7-6-10-5-4-8-23-10/h4-8H,9H2,1-3H3,(H,16,19,20)(H2,17,18,21,22)/b7-6+. The molecule has 0 aliphatic carbocycles. The van der Waals surface area contributed by atoms with Crippen LogP contribution in [-0.4, -0.2) is 38.4 Å². The maximum Gasteiger partial charge on any atom is 0.321 e. The number of urea groups is 1. The number of carbonyl (C=O) groups is 2. The lowest BCUT2D eigenvalue weighted by Gasteiger charge is -2.20. The van der Waals surface area contributed by atoms with E-state index in [4.69, 9.17) is 0 Å². The third-order valence-electron chi connectivity index (χ3n) is 2.50. The molecule has 3 N–H and O–H groups in total. The molecular weight excluding hydrogens is 346 g/mol. The fraction of sp³-hybridized carbons (Fsp3) is 0.333. The molecule has 0 aliphatic rings. The number of hydrogen-bond donors (Lipinski definition) is 3. The summed E-state index contributed by atoms with van der Waals surface area (Å²) in [6.45, 7) is 5.51. The molecule has 0 bridgehead atoms. The number of rotatable bonds is 5. The van der Waals surface area contributed by atoms with E-state index in [0.29, 0.717) is 11.0 Å². The summed E-state index contributed by atoms with van der Waals surface area (Å²) in [7, 11) is 0. The Hall–Kier alpha value is -2.13. The van der Waals surface area contributed by atoms with Gasteiger partial charge in [0.1, 0.15) is 5.82 Å². The molecule has 0 saturated heterocycles. The van der Waals surface area contributed by atoms with Crippen molar-refractivity contribution in [1.29, 1.82) is 0 Å². The van der Waals surface area contributed by atoms with Crippen LogP contribution in [0.3, 0.4) is 0 Å². The number of nitrogens with one attached hydrogen (secondary N) is 3. The minimum Gasteiger partial charge on any atom is -0.333 e. The van der Waals surface area contributed by atoms with Crippen LogP contribution in [0.2, 0.25) is 0 Å². The molecule has 2 heterocycles. The van der Waals surface area contributed by atoms with Crippen molar-refractivity contribution >= 4 is 47.2 Å². The van der Waals surface area contributed by atoms with Crippen molar-refractivity contribution in [2.45, 2.75) is 31.5 Å². The highest BCUT2D eigenvalue weighted by Crippen LogP contribution is 2.15. The first-order chi connectivity index (χ1) is 11.3. The van der Waals surface area contributed by atoms with Gasteiger partial charge in [0.05, 0.1) is 5.75 Å². The zero-order valence-electron chi connectivity index (χ0n) is 13.6. The first kappa shape index (κ1) is 18.2. The van der Waals surface area contributed by atoms with Crippen molar-refractivity contribution in [3.63, 3.8) is 0 Å². The van der Waals surface area contributed by atoms with Gasteiger partial charge in [-0.2, -0.15) is 0 Å². The number of thioether (sulfide) groups is 1. The molecule has 0 atom stereocenters. The summed E-state index contributed by atoms with van der Waals surface area (Å²) in [6.07, 6.45) is 3.75. The number of carbonyl (C=O) groups excluding carboxylic acids is 2. The number of aromatic amines is 1. The van der Waals surface area contributed by atoms with E-state index in [9.17, 15) is 9.59 Å². The molecule has 9 heteroatoms. The topological polar surface area (TPSA) is 99.8 Å². The van der Waals surface area contributed by atoms with Crippen LogP contribution < -0.4 is 10.6 Å². The molecule has 7 nitrogen and oxygen atoms in total. The van der Waals surface area contributed by atoms with E-state index >= 15 is 0 Å². The number of hydrogen-bond acceptors (Lipinski definition) is 6. The van der Waals surface area contributed by atoms with Gasteiger partial charge in [-0.25, -0.2) is 9.78 Å². The van der Waals surface area contributed by atoms with Gasteiger partial charge in [-0.15, -0.1) is 16.4 Å². The van der Waals surface area contributed by atoms with Gasteiger partial charge in [0, 0.05) is 10.4 Å². The second kappa shape index (κ2) is 8.11. The van der Waals surface area contributed by atoms with Crippen molar-refractivity contribution in [3.05, 3.63) is 28.2 Å². The lowest BCUT2D eigenvalue weighted by Crippen LogP contribution is -2.48. The number of amides is 3. The Kier molecular flexibility index (Phi) is 6.16. The van der Waals surface area contributed by atoms with Gasteiger partial charge in [0.2, 0.25) is 11.1 Å². The van der Waals surface area contributed by atoms with Crippen LogP contribution in [0.5, 0.6) is 0 Å². The highest BCUT2D eigenvalue weighted by Gasteiger charge is 2.16. The number of H-pyrrole nitrogens is 1. The van der Waals surface area contributed by atoms with Crippen molar-refractivity contribution in [3.8, 4) is 0 Å². The highest BCUT2D eigenvalue weighted by atomic mass is 32.2. The maximum absolute atomic E-state index is 11.7. The Morgan fingerprint density at radius 3 is 2.83 bits per heavy atom. The van der Waals surface area contributed by atoms with E-state index < -0.39 is 17.5 Å². The molecule has 0 aromatic carbocycles. The third kappa shape index (κ3) is 6.55. The summed E-state index contributed by atoms with van der Waals surface area (Å²) in [5, 5.41) is 14.2. The van der Waals surface area contributed by atoms with E-state index in [2.05, 4.69) is 25.8 Å². The fourth-order valence-corrected chi connectivity index (χ4v) is 2.83. The zero-order valence-corrected chi connectivity index (χ0v) is 15.3. The molecular formula is C15H19N5O2S2. The molecule has 2 rings (SSSR count). The van der Waals surface area contributed by atoms with Crippen LogP contribution in [0.25, 0.3) is 12.2 Å². The van der Waals surface area contributed by atoms with Gasteiger partial charge < -0.3 is 5.32 Å². The first-order valence-electron chi connectivity index (χ1n) is 7.20. The smallest absolute Gasteiger partial charge is 0.321 e. The zero-order chi connectivity index (χ0) is 17.6. The summed E-state index contributed by atoms with van der Waals surface area (Å²) in [5.74, 6) is 0.266. The predicted molar refractivity (Wildman–Crippen MR) is 96.8 cm³/mol. The van der Waals surface area contributed by atoms with Gasteiger partial charge in [-0.3, -0.25) is 15.2 Å². The molecule has 24 heavy (non-hydrogen) atoms. The number of thiophene rings is 1. The van der Waals surface area contributed by atoms with Crippen LogP contribution in [0.1, 0.15) is 31.5 Å². The Bertz CT molecular complexity index is 717. The highest BCUT2D eigenvalue weighted by molar-refractivity contribution is 7.99. The summed E-state index contributed by atoms with van der Waals surface area (Å²) >= 11 is 2.78. The van der Waals surface area contributed by atoms with Gasteiger partial charge in [0.15, 0.2) is 0 Å². The number of nitrogens with zero attached hydrogens (tertiary/aromatic N) is 2. The molecule has 2 aromatic heterocycles. The SMILES string of the molecule is CC(C)(C)NC(=O)NC(=O)CSc1n[nH]c(/C=C/c2cccs2)n1. The predicted octanol–water partition coefficient (Wildman–Crippen LogP) is 2.75. The molecule has 0 unspecified atom stereocenters. The molecule has 0 spiro atoms. The minimum absolute atomic E-state index is 0.0590. The summed E-state index contributed by atoms with van der Waals surface area (Å²) in [6, 6.07) is 3.46. The Morgan fingerprint density at radius 2 is 2.17 bits per heavy atom. The third-order valence-corrected chi connectivity index (χ3v) is 4.19. The van der Waals surface area contributed by atoms with E-state index in [-0.39, 0.29) is 5.75 Å². The molecule has 3 amide bonds. The largest absolute Gasteiger partial charge is 0.333 e. The van der Waals surface area contributed by atoms with Gasteiger partial charge in [-0.05, 0) is 44.4 Å². The summed E-state index contributed by atoms with van der Waals surface area (Å²) in [4.78, 5) is 28.7. The number of imide groups is 1. The van der Waals surface area contributed by atoms with E-state index in [1.165, 1.54) is 0 Å². The van der Waals surface area contributed by atoms with Crippen LogP contribution in [0.4, 0.5) is 4.79 Å². The van der Waals surface area contributed by atoms with Crippen molar-refractivity contribution < 1.29 is 9.59 Å². The molecule has 128 valence electrons. The number of aromatic nitrogens is 3. The normalized spacial score (nSPS) is 11.6. The van der Waals surface area contributed by atoms with Crippen molar-refractivity contribution in [2.75, 3.05) is 5.75 Å². The Balaban J connectivity index is 1.78. The van der Waals surface area contributed by atoms with Gasteiger partial charge in [0.25, 0.3) is 0 Å². The monoisotopic (exact) mass is 365 g/mol. The average molecular weight is 365 g/mol. The molecule has 0 fully saturated rings. The second-order valence-corrected chi connectivity index (χ2v) is 7.81. The second-order valence-electron chi connectivity index (χ2n) is 5.89. The Morgan fingerprint density at radius 1 is 1.38 bits per heavy atom. The Labute approximate surface area is 148 Å². The molecule has 0 saturated carbocycles. The summed E-state index contributed by atoms with van der Waals surface area (Å²) < 4.78 is 0.